The quantitative estimate of drug-likeness (QED) is 0.799. The van der Waals surface area contributed by atoms with Crippen LogP contribution in [0.4, 0.5) is 10.5 Å². The predicted molar refractivity (Wildman–Crippen MR) is 99.8 cm³/mol. The number of nitrogens with zero attached hydrogens (tertiary/aromatic N) is 1. The molecule has 0 unspecified atom stereocenters. The smallest absolute Gasteiger partial charge is 0.409 e. The number of ether oxygens (including phenoxy) is 1. The molecule has 0 aliphatic rings. The van der Waals surface area contributed by atoms with Gasteiger partial charge in [0.1, 0.15) is 6.54 Å². The summed E-state index contributed by atoms with van der Waals surface area (Å²) in [7, 11) is 2.76. The first-order chi connectivity index (χ1) is 12.5. The van der Waals surface area contributed by atoms with Crippen LogP contribution in [-0.4, -0.2) is 42.7 Å². The fourth-order valence-electron chi connectivity index (χ4n) is 2.54. The van der Waals surface area contributed by atoms with Gasteiger partial charge in [-0.1, -0.05) is 42.5 Å². The number of aliphatic hydroxyl groups is 1. The van der Waals surface area contributed by atoms with Crippen molar-refractivity contribution in [3.05, 3.63) is 65.7 Å². The van der Waals surface area contributed by atoms with Crippen LogP contribution in [0.2, 0.25) is 0 Å². The molecule has 0 radical (unpaired) electrons. The molecule has 0 fully saturated rings. The van der Waals surface area contributed by atoms with Crippen molar-refractivity contribution in [1.29, 1.82) is 0 Å². The van der Waals surface area contributed by atoms with Crippen molar-refractivity contribution in [2.75, 3.05) is 26.0 Å². The van der Waals surface area contributed by atoms with E-state index in [1.54, 1.807) is 12.1 Å². The van der Waals surface area contributed by atoms with Gasteiger partial charge in [-0.2, -0.15) is 0 Å². The molecule has 1 atom stereocenters. The van der Waals surface area contributed by atoms with Crippen LogP contribution in [-0.2, 0) is 16.0 Å². The number of carbonyl (C=O) groups excluding carboxylic acids is 2. The summed E-state index contributed by atoms with van der Waals surface area (Å²) in [6.07, 6.45) is 0.298. The highest BCUT2D eigenvalue weighted by Gasteiger charge is 2.13. The molecule has 0 aromatic heterocycles. The molecule has 0 spiro atoms. The first-order valence-corrected chi connectivity index (χ1v) is 8.40. The Morgan fingerprint density at radius 3 is 2.38 bits per heavy atom. The van der Waals surface area contributed by atoms with E-state index in [0.29, 0.717) is 12.1 Å². The van der Waals surface area contributed by atoms with Gasteiger partial charge in [-0.05, 0) is 36.1 Å². The van der Waals surface area contributed by atoms with E-state index < -0.39 is 12.2 Å². The van der Waals surface area contributed by atoms with Crippen LogP contribution in [0.5, 0.6) is 0 Å². The van der Waals surface area contributed by atoms with E-state index in [4.69, 9.17) is 0 Å². The second-order valence-corrected chi connectivity index (χ2v) is 6.04. The molecule has 2 aromatic rings. The van der Waals surface area contributed by atoms with Gasteiger partial charge >= 0.3 is 6.09 Å². The minimum Gasteiger partial charge on any atom is -0.453 e. The molecule has 0 aliphatic carbocycles. The van der Waals surface area contributed by atoms with Gasteiger partial charge < -0.3 is 20.1 Å². The summed E-state index contributed by atoms with van der Waals surface area (Å²) in [4.78, 5) is 24.4. The summed E-state index contributed by atoms with van der Waals surface area (Å²) < 4.78 is 4.54. The van der Waals surface area contributed by atoms with Crippen LogP contribution in [0.1, 0.15) is 23.7 Å². The Hall–Kier alpha value is -2.86. The number of methoxy groups -OCH3 is 1. The van der Waals surface area contributed by atoms with Crippen LogP contribution in [0.3, 0.4) is 0 Å². The predicted octanol–water partition coefficient (Wildman–Crippen LogP) is 2.99. The van der Waals surface area contributed by atoms with E-state index in [0.717, 1.165) is 17.5 Å². The van der Waals surface area contributed by atoms with Gasteiger partial charge in [-0.25, -0.2) is 4.79 Å². The number of amides is 2. The van der Waals surface area contributed by atoms with E-state index in [-0.39, 0.29) is 12.5 Å². The highest BCUT2D eigenvalue weighted by Crippen LogP contribution is 2.19. The summed E-state index contributed by atoms with van der Waals surface area (Å²) in [6, 6.07) is 17.0. The SMILES string of the molecule is COC(=O)N(C)CC(=O)Nc1ccc(CC[C@@H](O)c2ccccc2)cc1. The monoisotopic (exact) mass is 356 g/mol. The Bertz CT molecular complexity index is 716. The Morgan fingerprint density at radius 2 is 1.77 bits per heavy atom. The van der Waals surface area contributed by atoms with E-state index in [9.17, 15) is 14.7 Å². The maximum Gasteiger partial charge on any atom is 0.409 e. The molecular weight excluding hydrogens is 332 g/mol. The zero-order chi connectivity index (χ0) is 18.9. The lowest BCUT2D eigenvalue weighted by molar-refractivity contribution is -0.116. The van der Waals surface area contributed by atoms with Crippen molar-refractivity contribution in [3.8, 4) is 0 Å². The molecule has 2 aromatic carbocycles. The molecule has 0 saturated carbocycles. The standard InChI is InChI=1S/C20H24N2O4/c1-22(20(25)26-2)14-19(24)21-17-11-8-15(9-12-17)10-13-18(23)16-6-4-3-5-7-16/h3-9,11-12,18,23H,10,13-14H2,1-2H3,(H,21,24)/t18-/m1/s1. The lowest BCUT2D eigenvalue weighted by Gasteiger charge is -2.15. The molecule has 0 bridgehead atoms. The average Bonchev–Trinajstić information content (AvgIpc) is 2.67. The molecule has 6 heteroatoms. The third kappa shape index (κ3) is 5.89. The number of anilines is 1. The van der Waals surface area contributed by atoms with Crippen molar-refractivity contribution in [1.82, 2.24) is 4.90 Å². The molecule has 6 nitrogen and oxygen atoms in total. The second kappa shape index (κ2) is 9.58. The summed E-state index contributed by atoms with van der Waals surface area (Å²) in [5.74, 6) is -0.301. The zero-order valence-corrected chi connectivity index (χ0v) is 15.0. The summed E-state index contributed by atoms with van der Waals surface area (Å²) in [5.41, 5.74) is 2.64. The first-order valence-electron chi connectivity index (χ1n) is 8.40. The van der Waals surface area contributed by atoms with Crippen LogP contribution in [0.25, 0.3) is 0 Å². The largest absolute Gasteiger partial charge is 0.453 e. The van der Waals surface area contributed by atoms with E-state index in [1.165, 1.54) is 19.1 Å². The third-order valence-electron chi connectivity index (χ3n) is 4.00. The van der Waals surface area contributed by atoms with Crippen LogP contribution >= 0.6 is 0 Å². The Balaban J connectivity index is 1.82. The number of benzene rings is 2. The maximum absolute atomic E-state index is 11.9. The molecule has 2 amide bonds. The lowest BCUT2D eigenvalue weighted by atomic mass is 10.0. The molecule has 0 aliphatic heterocycles. The van der Waals surface area contributed by atoms with Gasteiger partial charge in [0, 0.05) is 12.7 Å². The Kier molecular flexibility index (Phi) is 7.17. The molecule has 2 N–H and O–H groups in total. The van der Waals surface area contributed by atoms with Crippen LogP contribution < -0.4 is 5.32 Å². The van der Waals surface area contributed by atoms with Gasteiger partial charge in [0.05, 0.1) is 13.2 Å². The van der Waals surface area contributed by atoms with Crippen LogP contribution in [0, 0.1) is 0 Å². The fraction of sp³-hybridized carbons (Fsp3) is 0.300. The second-order valence-electron chi connectivity index (χ2n) is 6.04. The van der Waals surface area contributed by atoms with Crippen molar-refractivity contribution in [2.45, 2.75) is 18.9 Å². The number of aliphatic hydroxyl groups excluding tert-OH is 1. The zero-order valence-electron chi connectivity index (χ0n) is 15.0. The van der Waals surface area contributed by atoms with Crippen molar-refractivity contribution in [2.24, 2.45) is 0 Å². The number of hydrogen-bond acceptors (Lipinski definition) is 4. The minimum absolute atomic E-state index is 0.0856. The normalized spacial score (nSPS) is 11.5. The Labute approximate surface area is 153 Å². The molecular formula is C20H24N2O4. The maximum atomic E-state index is 11.9. The number of aryl methyl sites for hydroxylation is 1. The summed E-state index contributed by atoms with van der Waals surface area (Å²) in [6.45, 7) is -0.0856. The van der Waals surface area contributed by atoms with E-state index in [1.807, 2.05) is 42.5 Å². The van der Waals surface area contributed by atoms with Crippen molar-refractivity contribution in [3.63, 3.8) is 0 Å². The molecule has 0 heterocycles. The Morgan fingerprint density at radius 1 is 1.12 bits per heavy atom. The molecule has 138 valence electrons. The molecule has 26 heavy (non-hydrogen) atoms. The fourth-order valence-corrected chi connectivity index (χ4v) is 2.54. The number of likely N-dealkylation sites (N-methyl/N-ethyl adjacent to an activating group) is 1. The van der Waals surface area contributed by atoms with Crippen molar-refractivity contribution >= 4 is 17.7 Å². The molecule has 2 rings (SSSR count). The first kappa shape index (κ1) is 19.5. The number of hydrogen-bond donors (Lipinski definition) is 2. The highest BCUT2D eigenvalue weighted by molar-refractivity contribution is 5.93. The summed E-state index contributed by atoms with van der Waals surface area (Å²) >= 11 is 0. The highest BCUT2D eigenvalue weighted by atomic mass is 16.5. The topological polar surface area (TPSA) is 78.9 Å². The average molecular weight is 356 g/mol. The van der Waals surface area contributed by atoms with Gasteiger partial charge in [-0.3, -0.25) is 4.79 Å². The summed E-state index contributed by atoms with van der Waals surface area (Å²) in [5, 5.41) is 12.9. The molecule has 0 saturated heterocycles. The van der Waals surface area contributed by atoms with E-state index in [2.05, 4.69) is 10.1 Å². The minimum atomic E-state index is -0.563. The van der Waals surface area contributed by atoms with Gasteiger partial charge in [-0.15, -0.1) is 0 Å². The lowest BCUT2D eigenvalue weighted by Crippen LogP contribution is -2.34. The van der Waals surface area contributed by atoms with E-state index >= 15 is 0 Å². The number of nitrogens with one attached hydrogen (secondary N) is 1. The number of carbonyl (C=O) groups is 2. The van der Waals surface area contributed by atoms with Crippen molar-refractivity contribution < 1.29 is 19.4 Å². The van der Waals surface area contributed by atoms with Gasteiger partial charge in [0.15, 0.2) is 0 Å². The van der Waals surface area contributed by atoms with Gasteiger partial charge in [0.25, 0.3) is 0 Å². The van der Waals surface area contributed by atoms with Crippen LogP contribution in [0.15, 0.2) is 54.6 Å². The number of rotatable bonds is 7. The third-order valence-corrected chi connectivity index (χ3v) is 4.00. The van der Waals surface area contributed by atoms with Gasteiger partial charge in [0.2, 0.25) is 5.91 Å².